The standard InChI is InChI=1S/C19H21N5O3/c25-18(24-11-9-23(10-12-24)14-15-4-3-13-26-15)7-6-17-21-19(22-27-17)16-5-1-2-8-20-16/h1-5,8,13H,6-7,9-12,14H2. The van der Waals surface area contributed by atoms with Crippen LogP contribution in [0.3, 0.4) is 0 Å². The molecule has 1 fully saturated rings. The van der Waals surface area contributed by atoms with Crippen LogP contribution in [0.15, 0.2) is 51.7 Å². The maximum absolute atomic E-state index is 12.5. The number of rotatable bonds is 6. The molecule has 1 amide bonds. The highest BCUT2D eigenvalue weighted by atomic mass is 16.5. The lowest BCUT2D eigenvalue weighted by molar-refractivity contribution is -0.133. The Labute approximate surface area is 156 Å². The van der Waals surface area contributed by atoms with Crippen molar-refractivity contribution in [3.63, 3.8) is 0 Å². The third-order valence-electron chi connectivity index (χ3n) is 4.60. The van der Waals surface area contributed by atoms with Crippen LogP contribution in [-0.2, 0) is 17.8 Å². The Hall–Kier alpha value is -3.00. The van der Waals surface area contributed by atoms with E-state index in [-0.39, 0.29) is 5.91 Å². The summed E-state index contributed by atoms with van der Waals surface area (Å²) in [4.78, 5) is 25.2. The van der Waals surface area contributed by atoms with E-state index >= 15 is 0 Å². The fraction of sp³-hybridized carbons (Fsp3) is 0.368. The van der Waals surface area contributed by atoms with E-state index in [9.17, 15) is 4.79 Å². The SMILES string of the molecule is O=C(CCc1nc(-c2ccccn2)no1)N1CCN(Cc2ccco2)CC1. The first-order valence-corrected chi connectivity index (χ1v) is 9.04. The molecule has 0 spiro atoms. The molecule has 27 heavy (non-hydrogen) atoms. The van der Waals surface area contributed by atoms with Crippen molar-refractivity contribution in [1.29, 1.82) is 0 Å². The van der Waals surface area contributed by atoms with Gasteiger partial charge in [-0.1, -0.05) is 11.2 Å². The first kappa shape index (κ1) is 17.4. The zero-order valence-electron chi connectivity index (χ0n) is 15.0. The number of pyridine rings is 1. The molecule has 8 heteroatoms. The van der Waals surface area contributed by atoms with Gasteiger partial charge in [0, 0.05) is 45.2 Å². The van der Waals surface area contributed by atoms with Gasteiger partial charge in [-0.3, -0.25) is 14.7 Å². The van der Waals surface area contributed by atoms with Crippen LogP contribution in [0.2, 0.25) is 0 Å². The van der Waals surface area contributed by atoms with Crippen LogP contribution < -0.4 is 0 Å². The van der Waals surface area contributed by atoms with Gasteiger partial charge in [0.1, 0.15) is 11.5 Å². The Bertz CT molecular complexity index is 855. The molecule has 8 nitrogen and oxygen atoms in total. The van der Waals surface area contributed by atoms with Gasteiger partial charge in [0.25, 0.3) is 0 Å². The Morgan fingerprint density at radius 3 is 2.74 bits per heavy atom. The number of carbonyl (C=O) groups excluding carboxylic acids is 1. The summed E-state index contributed by atoms with van der Waals surface area (Å²) < 4.78 is 10.6. The summed E-state index contributed by atoms with van der Waals surface area (Å²) in [6.07, 6.45) is 4.17. The normalized spacial score (nSPS) is 15.2. The Kier molecular flexibility index (Phi) is 5.24. The summed E-state index contributed by atoms with van der Waals surface area (Å²) in [6, 6.07) is 9.39. The van der Waals surface area contributed by atoms with E-state index in [1.807, 2.05) is 35.2 Å². The number of hydrogen-bond acceptors (Lipinski definition) is 7. The lowest BCUT2D eigenvalue weighted by Crippen LogP contribution is -2.48. The van der Waals surface area contributed by atoms with E-state index in [4.69, 9.17) is 8.94 Å². The quantitative estimate of drug-likeness (QED) is 0.658. The molecule has 3 aromatic heterocycles. The number of piperazine rings is 1. The molecule has 4 rings (SSSR count). The van der Waals surface area contributed by atoms with Gasteiger partial charge in [-0.05, 0) is 24.3 Å². The predicted molar refractivity (Wildman–Crippen MR) is 96.4 cm³/mol. The summed E-state index contributed by atoms with van der Waals surface area (Å²) in [7, 11) is 0. The van der Waals surface area contributed by atoms with Crippen LogP contribution in [0.5, 0.6) is 0 Å². The number of hydrogen-bond donors (Lipinski definition) is 0. The highest BCUT2D eigenvalue weighted by molar-refractivity contribution is 5.76. The molecule has 0 unspecified atom stereocenters. The van der Waals surface area contributed by atoms with Gasteiger partial charge in [-0.25, -0.2) is 0 Å². The van der Waals surface area contributed by atoms with Gasteiger partial charge in [-0.15, -0.1) is 0 Å². The van der Waals surface area contributed by atoms with E-state index < -0.39 is 0 Å². The second kappa shape index (κ2) is 8.13. The number of amides is 1. The molecule has 0 saturated carbocycles. The second-order valence-electron chi connectivity index (χ2n) is 6.46. The highest BCUT2D eigenvalue weighted by Crippen LogP contribution is 2.14. The van der Waals surface area contributed by atoms with E-state index in [0.717, 1.165) is 38.5 Å². The maximum Gasteiger partial charge on any atom is 0.227 e. The van der Waals surface area contributed by atoms with Crippen LogP contribution >= 0.6 is 0 Å². The van der Waals surface area contributed by atoms with E-state index in [0.29, 0.717) is 30.3 Å². The second-order valence-corrected chi connectivity index (χ2v) is 6.46. The Morgan fingerprint density at radius 1 is 1.11 bits per heavy atom. The topological polar surface area (TPSA) is 88.5 Å². The predicted octanol–water partition coefficient (Wildman–Crippen LogP) is 2.00. The molecule has 0 aromatic carbocycles. The molecule has 140 valence electrons. The summed E-state index contributed by atoms with van der Waals surface area (Å²) in [5.74, 6) is 1.98. The van der Waals surface area contributed by atoms with Crippen molar-refractivity contribution in [2.24, 2.45) is 0 Å². The molecule has 0 bridgehead atoms. The smallest absolute Gasteiger partial charge is 0.227 e. The van der Waals surface area contributed by atoms with Crippen LogP contribution in [0.1, 0.15) is 18.1 Å². The van der Waals surface area contributed by atoms with Crippen LogP contribution in [0.4, 0.5) is 0 Å². The Balaban J connectivity index is 1.24. The molecular weight excluding hydrogens is 346 g/mol. The number of aryl methyl sites for hydroxylation is 1. The van der Waals surface area contributed by atoms with Crippen molar-refractivity contribution in [3.05, 3.63) is 54.4 Å². The summed E-state index contributed by atoms with van der Waals surface area (Å²) in [5.41, 5.74) is 0.659. The molecule has 1 aliphatic heterocycles. The molecule has 4 heterocycles. The summed E-state index contributed by atoms with van der Waals surface area (Å²) >= 11 is 0. The first-order valence-electron chi connectivity index (χ1n) is 9.04. The molecule has 1 aliphatic rings. The summed E-state index contributed by atoms with van der Waals surface area (Å²) in [6.45, 7) is 3.92. The molecule has 0 radical (unpaired) electrons. The molecular formula is C19H21N5O3. The van der Waals surface area contributed by atoms with Crippen molar-refractivity contribution in [1.82, 2.24) is 24.9 Å². The molecule has 3 aromatic rings. The summed E-state index contributed by atoms with van der Waals surface area (Å²) in [5, 5.41) is 3.93. The largest absolute Gasteiger partial charge is 0.468 e. The number of carbonyl (C=O) groups is 1. The third-order valence-corrected chi connectivity index (χ3v) is 4.60. The number of aromatic nitrogens is 3. The highest BCUT2D eigenvalue weighted by Gasteiger charge is 2.22. The van der Waals surface area contributed by atoms with Gasteiger partial charge < -0.3 is 13.8 Å². The van der Waals surface area contributed by atoms with Crippen molar-refractivity contribution in [2.75, 3.05) is 26.2 Å². The van der Waals surface area contributed by atoms with Gasteiger partial charge in [0.05, 0.1) is 12.8 Å². The van der Waals surface area contributed by atoms with Crippen molar-refractivity contribution in [3.8, 4) is 11.5 Å². The van der Waals surface area contributed by atoms with Crippen molar-refractivity contribution in [2.45, 2.75) is 19.4 Å². The maximum atomic E-state index is 12.5. The monoisotopic (exact) mass is 367 g/mol. The van der Waals surface area contributed by atoms with Gasteiger partial charge in [0.15, 0.2) is 0 Å². The minimum absolute atomic E-state index is 0.116. The third kappa shape index (κ3) is 4.40. The average Bonchev–Trinajstić information content (AvgIpc) is 3.39. The number of nitrogens with zero attached hydrogens (tertiary/aromatic N) is 5. The lowest BCUT2D eigenvalue weighted by atomic mass is 10.2. The number of furan rings is 1. The first-order chi connectivity index (χ1) is 13.3. The van der Waals surface area contributed by atoms with Gasteiger partial charge in [-0.2, -0.15) is 4.98 Å². The minimum Gasteiger partial charge on any atom is -0.468 e. The molecule has 0 aliphatic carbocycles. The Morgan fingerprint density at radius 2 is 2.00 bits per heavy atom. The zero-order valence-corrected chi connectivity index (χ0v) is 15.0. The van der Waals surface area contributed by atoms with Crippen LogP contribution in [-0.4, -0.2) is 57.0 Å². The van der Waals surface area contributed by atoms with E-state index in [1.54, 1.807) is 12.5 Å². The lowest BCUT2D eigenvalue weighted by Gasteiger charge is -2.34. The fourth-order valence-corrected chi connectivity index (χ4v) is 3.11. The minimum atomic E-state index is 0.116. The van der Waals surface area contributed by atoms with Gasteiger partial charge in [0.2, 0.25) is 17.6 Å². The van der Waals surface area contributed by atoms with E-state index in [1.165, 1.54) is 0 Å². The van der Waals surface area contributed by atoms with Gasteiger partial charge >= 0.3 is 0 Å². The fourth-order valence-electron chi connectivity index (χ4n) is 3.11. The van der Waals surface area contributed by atoms with Crippen LogP contribution in [0, 0.1) is 0 Å². The molecule has 0 atom stereocenters. The van der Waals surface area contributed by atoms with E-state index in [2.05, 4.69) is 20.0 Å². The molecule has 0 N–H and O–H groups in total. The van der Waals surface area contributed by atoms with Crippen molar-refractivity contribution < 1.29 is 13.7 Å². The average molecular weight is 367 g/mol. The van der Waals surface area contributed by atoms with Crippen LogP contribution in [0.25, 0.3) is 11.5 Å². The zero-order chi connectivity index (χ0) is 18.5. The molecule has 1 saturated heterocycles. The van der Waals surface area contributed by atoms with Crippen molar-refractivity contribution >= 4 is 5.91 Å².